The Kier molecular flexibility index (Phi) is 3.68. The number of carbonyl (C=O) groups excluding carboxylic acids is 2. The lowest BCUT2D eigenvalue weighted by Gasteiger charge is -2.29. The molecule has 0 N–H and O–H groups in total. The van der Waals surface area contributed by atoms with Crippen molar-refractivity contribution in [2.24, 2.45) is 12.5 Å². The van der Waals surface area contributed by atoms with Gasteiger partial charge in [0.15, 0.2) is 0 Å². The number of rotatable bonds is 1. The van der Waals surface area contributed by atoms with Gasteiger partial charge in [0, 0.05) is 45.3 Å². The van der Waals surface area contributed by atoms with Gasteiger partial charge in [0.2, 0.25) is 5.91 Å². The highest BCUT2D eigenvalue weighted by molar-refractivity contribution is 5.95. The minimum Gasteiger partial charge on any atom is -0.371 e. The zero-order chi connectivity index (χ0) is 15.9. The summed E-state index contributed by atoms with van der Waals surface area (Å²) in [6.45, 7) is 4.46. The molecule has 1 aromatic heterocycles. The van der Waals surface area contributed by atoms with E-state index in [1.807, 2.05) is 18.9 Å². The van der Waals surface area contributed by atoms with Crippen molar-refractivity contribution in [3.05, 3.63) is 17.5 Å². The summed E-state index contributed by atoms with van der Waals surface area (Å²) in [5.74, 6) is 0.0189. The summed E-state index contributed by atoms with van der Waals surface area (Å²) in [5.41, 5.74) is 1.25. The van der Waals surface area contributed by atoms with Gasteiger partial charge in [-0.05, 0) is 13.3 Å². The predicted molar refractivity (Wildman–Crippen MR) is 79.4 cm³/mol. The van der Waals surface area contributed by atoms with Crippen molar-refractivity contribution in [2.75, 3.05) is 39.9 Å². The van der Waals surface area contributed by atoms with E-state index in [1.165, 1.54) is 0 Å². The first-order valence-corrected chi connectivity index (χ1v) is 7.51. The number of amides is 2. The maximum atomic E-state index is 12.7. The van der Waals surface area contributed by atoms with Gasteiger partial charge in [-0.2, -0.15) is 5.10 Å². The van der Waals surface area contributed by atoms with Crippen LogP contribution in [0.1, 0.15) is 22.5 Å². The molecular weight excluding hydrogens is 284 g/mol. The molecule has 120 valence electrons. The fourth-order valence-electron chi connectivity index (χ4n) is 3.44. The molecule has 2 aliphatic rings. The smallest absolute Gasteiger partial charge is 0.257 e. The highest BCUT2D eigenvalue weighted by Crippen LogP contribution is 2.34. The molecule has 7 nitrogen and oxygen atoms in total. The van der Waals surface area contributed by atoms with Crippen molar-refractivity contribution in [1.82, 2.24) is 19.6 Å². The molecule has 3 heterocycles. The number of likely N-dealkylation sites (tertiary alicyclic amines) is 1. The van der Waals surface area contributed by atoms with Gasteiger partial charge >= 0.3 is 0 Å². The van der Waals surface area contributed by atoms with E-state index in [4.69, 9.17) is 4.74 Å². The van der Waals surface area contributed by atoms with Crippen molar-refractivity contribution in [3.8, 4) is 0 Å². The van der Waals surface area contributed by atoms with E-state index < -0.39 is 0 Å². The van der Waals surface area contributed by atoms with E-state index >= 15 is 0 Å². The van der Waals surface area contributed by atoms with Crippen molar-refractivity contribution < 1.29 is 14.3 Å². The van der Waals surface area contributed by atoms with Crippen molar-refractivity contribution in [1.29, 1.82) is 0 Å². The monoisotopic (exact) mass is 306 g/mol. The molecule has 0 aliphatic carbocycles. The lowest BCUT2D eigenvalue weighted by atomic mass is 9.88. The average molecular weight is 306 g/mol. The molecule has 2 saturated heterocycles. The summed E-state index contributed by atoms with van der Waals surface area (Å²) >= 11 is 0. The van der Waals surface area contributed by atoms with Gasteiger partial charge in [0.05, 0.1) is 17.9 Å². The van der Waals surface area contributed by atoms with E-state index in [0.717, 1.165) is 12.1 Å². The molecule has 3 rings (SSSR count). The normalized spacial score (nSPS) is 25.9. The van der Waals surface area contributed by atoms with Crippen LogP contribution in [0.4, 0.5) is 0 Å². The Morgan fingerprint density at radius 1 is 1.36 bits per heavy atom. The summed E-state index contributed by atoms with van der Waals surface area (Å²) in [4.78, 5) is 28.0. The van der Waals surface area contributed by atoms with E-state index in [2.05, 4.69) is 5.10 Å². The molecular formula is C15H22N4O3. The van der Waals surface area contributed by atoms with E-state index in [0.29, 0.717) is 31.8 Å². The molecule has 2 amide bonds. The van der Waals surface area contributed by atoms with Crippen LogP contribution in [0.25, 0.3) is 0 Å². The van der Waals surface area contributed by atoms with Crippen LogP contribution in [0.3, 0.4) is 0 Å². The van der Waals surface area contributed by atoms with Crippen LogP contribution in [-0.2, 0) is 16.6 Å². The third kappa shape index (κ3) is 2.61. The molecule has 1 unspecified atom stereocenters. The zero-order valence-corrected chi connectivity index (χ0v) is 13.3. The third-order valence-corrected chi connectivity index (χ3v) is 4.60. The number of hydrogen-bond donors (Lipinski definition) is 0. The Morgan fingerprint density at radius 3 is 2.82 bits per heavy atom. The Hall–Kier alpha value is -1.89. The maximum Gasteiger partial charge on any atom is 0.257 e. The molecule has 1 atom stereocenters. The molecule has 7 heteroatoms. The average Bonchev–Trinajstić information content (AvgIpc) is 2.97. The topological polar surface area (TPSA) is 67.7 Å². The minimum absolute atomic E-state index is 0.00440. The molecule has 0 saturated carbocycles. The molecule has 22 heavy (non-hydrogen) atoms. The first-order valence-electron chi connectivity index (χ1n) is 7.51. The zero-order valence-electron chi connectivity index (χ0n) is 13.3. The van der Waals surface area contributed by atoms with Crippen molar-refractivity contribution >= 4 is 11.8 Å². The molecule has 1 spiro atoms. The van der Waals surface area contributed by atoms with Crippen LogP contribution in [0, 0.1) is 12.3 Å². The van der Waals surface area contributed by atoms with Gasteiger partial charge in [0.25, 0.3) is 5.91 Å². The summed E-state index contributed by atoms with van der Waals surface area (Å²) in [7, 11) is 3.61. The fourth-order valence-corrected chi connectivity index (χ4v) is 3.44. The van der Waals surface area contributed by atoms with Gasteiger partial charge < -0.3 is 14.5 Å². The molecule has 2 aliphatic heterocycles. The first kappa shape index (κ1) is 15.0. The standard InChI is InChI=1S/C15H22N4O3/c1-11-12(6-18(3)16-11)14(21)19-5-4-15(9-19)8-17(2)13(20)7-22-10-15/h6H,4-5,7-10H2,1-3H3. The van der Waals surface area contributed by atoms with E-state index in [-0.39, 0.29) is 23.8 Å². The highest BCUT2D eigenvalue weighted by Gasteiger charge is 2.43. The Morgan fingerprint density at radius 2 is 2.14 bits per heavy atom. The van der Waals surface area contributed by atoms with Crippen molar-refractivity contribution in [3.63, 3.8) is 0 Å². The molecule has 0 aromatic carbocycles. The second kappa shape index (κ2) is 5.39. The number of ether oxygens (including phenoxy) is 1. The van der Waals surface area contributed by atoms with Crippen LogP contribution in [-0.4, -0.2) is 71.3 Å². The number of hydrogen-bond acceptors (Lipinski definition) is 4. The largest absolute Gasteiger partial charge is 0.371 e. The Balaban J connectivity index is 1.75. The summed E-state index contributed by atoms with van der Waals surface area (Å²) in [6.07, 6.45) is 2.62. The predicted octanol–water partition coefficient (Wildman–Crippen LogP) is 0.0494. The number of aromatic nitrogens is 2. The number of nitrogens with zero attached hydrogens (tertiary/aromatic N) is 4. The van der Waals surface area contributed by atoms with E-state index in [1.54, 1.807) is 22.8 Å². The molecule has 2 fully saturated rings. The lowest BCUT2D eigenvalue weighted by Crippen LogP contribution is -2.41. The van der Waals surface area contributed by atoms with Gasteiger partial charge in [0.1, 0.15) is 6.61 Å². The number of likely N-dealkylation sites (N-methyl/N-ethyl adjacent to an activating group) is 1. The Bertz CT molecular complexity index is 612. The summed E-state index contributed by atoms with van der Waals surface area (Å²) in [6, 6.07) is 0. The van der Waals surface area contributed by atoms with Crippen molar-refractivity contribution in [2.45, 2.75) is 13.3 Å². The molecule has 1 aromatic rings. The second-order valence-electron chi connectivity index (χ2n) is 6.52. The Labute approximate surface area is 129 Å². The van der Waals surface area contributed by atoms with Gasteiger partial charge in [-0.25, -0.2) is 0 Å². The highest BCUT2D eigenvalue weighted by atomic mass is 16.5. The van der Waals surface area contributed by atoms with Crippen LogP contribution in [0.15, 0.2) is 6.20 Å². The molecule has 0 bridgehead atoms. The fraction of sp³-hybridized carbons (Fsp3) is 0.667. The van der Waals surface area contributed by atoms with E-state index in [9.17, 15) is 9.59 Å². The number of carbonyl (C=O) groups is 2. The van der Waals surface area contributed by atoms with Gasteiger partial charge in [-0.1, -0.05) is 0 Å². The maximum absolute atomic E-state index is 12.7. The van der Waals surface area contributed by atoms with Crippen LogP contribution < -0.4 is 0 Å². The van der Waals surface area contributed by atoms with Crippen LogP contribution in [0.2, 0.25) is 0 Å². The quantitative estimate of drug-likeness (QED) is 0.735. The summed E-state index contributed by atoms with van der Waals surface area (Å²) in [5, 5.41) is 4.24. The lowest BCUT2D eigenvalue weighted by molar-refractivity contribution is -0.132. The van der Waals surface area contributed by atoms with Crippen LogP contribution >= 0.6 is 0 Å². The van der Waals surface area contributed by atoms with Gasteiger partial charge in [-0.3, -0.25) is 14.3 Å². The number of aryl methyl sites for hydroxylation is 2. The van der Waals surface area contributed by atoms with Gasteiger partial charge in [-0.15, -0.1) is 0 Å². The first-order chi connectivity index (χ1) is 10.4. The summed E-state index contributed by atoms with van der Waals surface area (Å²) < 4.78 is 7.19. The minimum atomic E-state index is -0.146. The van der Waals surface area contributed by atoms with Crippen LogP contribution in [0.5, 0.6) is 0 Å². The third-order valence-electron chi connectivity index (χ3n) is 4.60. The SMILES string of the molecule is Cc1nn(C)cc1C(=O)N1CCC2(COCC(=O)N(C)C2)C1. The molecule has 0 radical (unpaired) electrons. The second-order valence-corrected chi connectivity index (χ2v) is 6.52.